The Hall–Kier alpha value is -1.93. The fourth-order valence-corrected chi connectivity index (χ4v) is 4.08. The molecule has 0 spiro atoms. The molecule has 5 heteroatoms. The zero-order valence-electron chi connectivity index (χ0n) is 16.0. The Morgan fingerprint density at radius 2 is 1.85 bits per heavy atom. The fourth-order valence-electron chi connectivity index (χ4n) is 4.08. The van der Waals surface area contributed by atoms with E-state index in [1.54, 1.807) is 6.07 Å². The lowest BCUT2D eigenvalue weighted by Gasteiger charge is -2.31. The third-order valence-electron chi connectivity index (χ3n) is 5.99. The summed E-state index contributed by atoms with van der Waals surface area (Å²) in [6, 6.07) is 5.63. The Balaban J connectivity index is 1.40. The number of nitrogens with zero attached hydrogens (tertiary/aromatic N) is 1. The van der Waals surface area contributed by atoms with Crippen LogP contribution in [0, 0.1) is 34.9 Å². The Morgan fingerprint density at radius 3 is 2.48 bits per heavy atom. The van der Waals surface area contributed by atoms with Gasteiger partial charge in [-0.15, -0.1) is 0 Å². The average Bonchev–Trinajstić information content (AvgIpc) is 2.68. The van der Waals surface area contributed by atoms with Gasteiger partial charge in [0.2, 0.25) is 0 Å². The molecule has 2 aliphatic rings. The van der Waals surface area contributed by atoms with Gasteiger partial charge in [0.1, 0.15) is 17.6 Å². The van der Waals surface area contributed by atoms with Crippen molar-refractivity contribution in [2.24, 2.45) is 17.8 Å². The van der Waals surface area contributed by atoms with E-state index in [-0.39, 0.29) is 29.3 Å². The molecule has 146 valence electrons. The molecule has 1 aromatic carbocycles. The molecule has 0 unspecified atom stereocenters. The molecule has 2 fully saturated rings. The molecular formula is C22H28FNO3. The van der Waals surface area contributed by atoms with E-state index in [1.807, 2.05) is 0 Å². The Morgan fingerprint density at radius 1 is 1.15 bits per heavy atom. The Kier molecular flexibility index (Phi) is 6.84. The molecule has 0 N–H and O–H groups in total. The van der Waals surface area contributed by atoms with E-state index in [4.69, 9.17) is 14.7 Å². The van der Waals surface area contributed by atoms with Gasteiger partial charge >= 0.3 is 5.97 Å². The maximum atomic E-state index is 13.6. The monoisotopic (exact) mass is 373 g/mol. The minimum atomic E-state index is -0.669. The molecule has 1 aromatic rings. The predicted molar refractivity (Wildman–Crippen MR) is 99.6 cm³/mol. The molecule has 0 heterocycles. The van der Waals surface area contributed by atoms with E-state index >= 15 is 0 Å². The first-order chi connectivity index (χ1) is 13.0. The number of halogens is 1. The Bertz CT molecular complexity index is 683. The van der Waals surface area contributed by atoms with Crippen LogP contribution in [0.1, 0.15) is 63.9 Å². The number of rotatable bonds is 5. The van der Waals surface area contributed by atoms with Gasteiger partial charge in [-0.2, -0.15) is 5.26 Å². The van der Waals surface area contributed by atoms with Crippen LogP contribution in [0.4, 0.5) is 4.39 Å². The third-order valence-corrected chi connectivity index (χ3v) is 5.99. The highest BCUT2D eigenvalue weighted by atomic mass is 19.1. The summed E-state index contributed by atoms with van der Waals surface area (Å²) in [5.74, 6) is 0.541. The standard InChI is InChI=1S/C22H28FNO3/c1-15-2-4-16(5-3-15)14-26-19-9-6-17(7-10-19)22(25)27-20-11-8-18(13-24)21(23)12-20/h8,11-12,15-17,19H,2-7,9-10,14H2,1H3/t15-,16-,17-,19-. The molecule has 0 aliphatic heterocycles. The van der Waals surface area contributed by atoms with E-state index in [0.717, 1.165) is 44.3 Å². The first-order valence-corrected chi connectivity index (χ1v) is 10.1. The number of hydrogen-bond acceptors (Lipinski definition) is 4. The van der Waals surface area contributed by atoms with E-state index in [1.165, 1.54) is 37.8 Å². The third kappa shape index (κ3) is 5.52. The number of ether oxygens (including phenoxy) is 2. The smallest absolute Gasteiger partial charge is 0.314 e. The van der Waals surface area contributed by atoms with Crippen LogP contribution < -0.4 is 4.74 Å². The molecule has 2 aliphatic carbocycles. The Labute approximate surface area is 160 Å². The molecule has 27 heavy (non-hydrogen) atoms. The van der Waals surface area contributed by atoms with E-state index in [9.17, 15) is 9.18 Å². The average molecular weight is 373 g/mol. The summed E-state index contributed by atoms with van der Waals surface area (Å²) >= 11 is 0. The number of carbonyl (C=O) groups excluding carboxylic acids is 1. The summed E-state index contributed by atoms with van der Waals surface area (Å²) < 4.78 is 25.0. The quantitative estimate of drug-likeness (QED) is 0.538. The van der Waals surface area contributed by atoms with Crippen molar-refractivity contribution in [1.29, 1.82) is 5.26 Å². The SMILES string of the molecule is C[C@H]1CC[C@H](CO[C@H]2CC[C@H](C(=O)Oc3ccc(C#N)c(F)c3)CC2)CC1. The topological polar surface area (TPSA) is 59.3 Å². The van der Waals surface area contributed by atoms with Crippen LogP contribution >= 0.6 is 0 Å². The molecule has 0 saturated heterocycles. The molecule has 0 aromatic heterocycles. The predicted octanol–water partition coefficient (Wildman–Crippen LogP) is 5.00. The van der Waals surface area contributed by atoms with E-state index in [0.29, 0.717) is 5.92 Å². The van der Waals surface area contributed by atoms with Crippen LogP contribution in [0.3, 0.4) is 0 Å². The van der Waals surface area contributed by atoms with Gasteiger partial charge in [0.25, 0.3) is 0 Å². The van der Waals surface area contributed by atoms with Gasteiger partial charge in [0.15, 0.2) is 0 Å². The van der Waals surface area contributed by atoms with Crippen LogP contribution in [0.15, 0.2) is 18.2 Å². The molecule has 3 rings (SSSR count). The number of hydrogen-bond donors (Lipinski definition) is 0. The largest absolute Gasteiger partial charge is 0.426 e. The number of nitriles is 1. The van der Waals surface area contributed by atoms with Crippen LogP contribution in [-0.2, 0) is 9.53 Å². The van der Waals surface area contributed by atoms with Gasteiger partial charge in [-0.1, -0.05) is 19.8 Å². The number of benzene rings is 1. The van der Waals surface area contributed by atoms with Crippen LogP contribution in [0.5, 0.6) is 5.75 Å². The second-order valence-corrected chi connectivity index (χ2v) is 8.11. The van der Waals surface area contributed by atoms with Gasteiger partial charge in [-0.05, 0) is 62.5 Å². The van der Waals surface area contributed by atoms with E-state index < -0.39 is 5.82 Å². The summed E-state index contributed by atoms with van der Waals surface area (Å²) in [6.07, 6.45) is 8.60. The van der Waals surface area contributed by atoms with Crippen molar-refractivity contribution in [3.8, 4) is 11.8 Å². The van der Waals surface area contributed by atoms with Crippen LogP contribution in [0.2, 0.25) is 0 Å². The summed E-state index contributed by atoms with van der Waals surface area (Å²) in [4.78, 5) is 12.3. The van der Waals surface area contributed by atoms with E-state index in [2.05, 4.69) is 6.92 Å². The first-order valence-electron chi connectivity index (χ1n) is 10.1. The lowest BCUT2D eigenvalue weighted by Crippen LogP contribution is -2.30. The number of carbonyl (C=O) groups is 1. The highest BCUT2D eigenvalue weighted by molar-refractivity contribution is 5.75. The van der Waals surface area contributed by atoms with Crippen molar-refractivity contribution in [2.45, 2.75) is 64.4 Å². The van der Waals surface area contributed by atoms with Gasteiger partial charge in [-0.3, -0.25) is 4.79 Å². The number of esters is 1. The first kappa shape index (κ1) is 19.8. The molecule has 0 radical (unpaired) electrons. The zero-order valence-corrected chi connectivity index (χ0v) is 16.0. The maximum absolute atomic E-state index is 13.6. The normalized spacial score (nSPS) is 28.3. The zero-order chi connectivity index (χ0) is 19.2. The van der Waals surface area contributed by atoms with Gasteiger partial charge in [0, 0.05) is 12.7 Å². The molecule has 0 bridgehead atoms. The van der Waals surface area contributed by atoms with Crippen molar-refractivity contribution >= 4 is 5.97 Å². The van der Waals surface area contributed by atoms with Crippen molar-refractivity contribution in [3.63, 3.8) is 0 Å². The molecule has 4 nitrogen and oxygen atoms in total. The minimum Gasteiger partial charge on any atom is -0.426 e. The van der Waals surface area contributed by atoms with Crippen molar-refractivity contribution in [2.75, 3.05) is 6.61 Å². The second kappa shape index (κ2) is 9.32. The molecular weight excluding hydrogens is 345 g/mol. The minimum absolute atomic E-state index is 0.0557. The molecule has 2 saturated carbocycles. The van der Waals surface area contributed by atoms with Crippen molar-refractivity contribution in [3.05, 3.63) is 29.6 Å². The fraction of sp³-hybridized carbons (Fsp3) is 0.636. The lowest BCUT2D eigenvalue weighted by molar-refractivity contribution is -0.141. The summed E-state index contributed by atoms with van der Waals surface area (Å²) in [5.41, 5.74) is -0.0557. The molecule has 0 amide bonds. The lowest BCUT2D eigenvalue weighted by atomic mass is 9.83. The maximum Gasteiger partial charge on any atom is 0.314 e. The molecule has 0 atom stereocenters. The summed E-state index contributed by atoms with van der Waals surface area (Å²) in [6.45, 7) is 3.17. The summed E-state index contributed by atoms with van der Waals surface area (Å²) in [5, 5.41) is 8.75. The highest BCUT2D eigenvalue weighted by Crippen LogP contribution is 2.31. The summed E-state index contributed by atoms with van der Waals surface area (Å²) in [7, 11) is 0. The van der Waals surface area contributed by atoms with Crippen molar-refractivity contribution < 1.29 is 18.7 Å². The van der Waals surface area contributed by atoms with Gasteiger partial charge < -0.3 is 9.47 Å². The van der Waals surface area contributed by atoms with Crippen molar-refractivity contribution in [1.82, 2.24) is 0 Å². The van der Waals surface area contributed by atoms with Gasteiger partial charge in [0.05, 0.1) is 17.6 Å². The highest BCUT2D eigenvalue weighted by Gasteiger charge is 2.29. The van der Waals surface area contributed by atoms with Gasteiger partial charge in [-0.25, -0.2) is 4.39 Å². The van der Waals surface area contributed by atoms with Crippen LogP contribution in [-0.4, -0.2) is 18.7 Å². The van der Waals surface area contributed by atoms with Crippen LogP contribution in [0.25, 0.3) is 0 Å². The second-order valence-electron chi connectivity index (χ2n) is 8.11.